The summed E-state index contributed by atoms with van der Waals surface area (Å²) in [5.74, 6) is 0.302. The molecule has 10 heteroatoms. The number of rotatable bonds is 10. The second-order valence-electron chi connectivity index (χ2n) is 7.28. The molecule has 0 saturated carbocycles. The highest BCUT2D eigenvalue weighted by Crippen LogP contribution is 2.32. The summed E-state index contributed by atoms with van der Waals surface area (Å²) < 4.78 is 16.7. The van der Waals surface area contributed by atoms with Gasteiger partial charge in [0.05, 0.1) is 30.4 Å². The topological polar surface area (TPSA) is 124 Å². The van der Waals surface area contributed by atoms with Gasteiger partial charge in [-0.3, -0.25) is 14.9 Å². The van der Waals surface area contributed by atoms with Gasteiger partial charge in [-0.15, -0.1) is 0 Å². The van der Waals surface area contributed by atoms with Crippen molar-refractivity contribution in [3.8, 4) is 23.3 Å². The molecule has 0 unspecified atom stereocenters. The third-order valence-corrected chi connectivity index (χ3v) is 5.30. The third kappa shape index (κ3) is 6.52. The lowest BCUT2D eigenvalue weighted by Gasteiger charge is -2.13. The molecular weight excluding hydrogens is 486 g/mol. The number of non-ortho nitro benzene ring substituents is 1. The van der Waals surface area contributed by atoms with Crippen LogP contribution in [0.3, 0.4) is 0 Å². The normalized spacial score (nSPS) is 10.8. The van der Waals surface area contributed by atoms with Gasteiger partial charge in [0.2, 0.25) is 0 Å². The molecule has 0 atom stereocenters. The fourth-order valence-corrected chi connectivity index (χ4v) is 3.36. The van der Waals surface area contributed by atoms with Crippen molar-refractivity contribution in [3.63, 3.8) is 0 Å². The van der Waals surface area contributed by atoms with Crippen molar-refractivity contribution in [2.45, 2.75) is 13.5 Å². The maximum absolute atomic E-state index is 12.7. The number of nitro groups is 1. The van der Waals surface area contributed by atoms with E-state index >= 15 is 0 Å². The highest BCUT2D eigenvalue weighted by molar-refractivity contribution is 6.31. The highest BCUT2D eigenvalue weighted by atomic mass is 35.5. The first-order valence-electron chi connectivity index (χ1n) is 10.7. The van der Waals surface area contributed by atoms with E-state index < -0.39 is 10.8 Å². The zero-order valence-corrected chi connectivity index (χ0v) is 20.2. The Kier molecular flexibility index (Phi) is 8.86. The van der Waals surface area contributed by atoms with E-state index in [0.717, 1.165) is 5.56 Å². The summed E-state index contributed by atoms with van der Waals surface area (Å²) in [6.07, 6.45) is 1.40. The van der Waals surface area contributed by atoms with Crippen LogP contribution in [0.15, 0.2) is 66.2 Å². The second-order valence-corrected chi connectivity index (χ2v) is 7.69. The van der Waals surface area contributed by atoms with E-state index in [4.69, 9.17) is 25.8 Å². The number of nitrogens with one attached hydrogen (secondary N) is 1. The standard InChI is InChI=1S/C26H22ClN3O6/c1-3-35-25-13-17(8-11-23(25)36-16-18-6-4-5-7-21(18)27)12-19(15-28)26(31)29-22-10-9-20(30(32)33)14-24(22)34-2/h4-14H,3,16H2,1-2H3,(H,29,31)/b19-12-. The molecule has 0 aliphatic heterocycles. The highest BCUT2D eigenvalue weighted by Gasteiger charge is 2.16. The molecule has 0 aliphatic rings. The molecule has 184 valence electrons. The number of carbonyl (C=O) groups excluding carboxylic acids is 1. The average molecular weight is 508 g/mol. The predicted molar refractivity (Wildman–Crippen MR) is 135 cm³/mol. The van der Waals surface area contributed by atoms with Gasteiger partial charge in [0.25, 0.3) is 11.6 Å². The number of amides is 1. The summed E-state index contributed by atoms with van der Waals surface area (Å²) in [6.45, 7) is 2.44. The number of hydrogen-bond acceptors (Lipinski definition) is 7. The maximum Gasteiger partial charge on any atom is 0.273 e. The summed E-state index contributed by atoms with van der Waals surface area (Å²) in [5.41, 5.74) is 1.15. The van der Waals surface area contributed by atoms with Gasteiger partial charge in [-0.25, -0.2) is 0 Å². The van der Waals surface area contributed by atoms with Gasteiger partial charge in [0.1, 0.15) is 24.0 Å². The molecule has 9 nitrogen and oxygen atoms in total. The Hall–Kier alpha value is -4.55. The molecule has 1 N–H and O–H groups in total. The van der Waals surface area contributed by atoms with Crippen LogP contribution >= 0.6 is 11.6 Å². The number of nitrogens with zero attached hydrogens (tertiary/aromatic N) is 2. The van der Waals surface area contributed by atoms with E-state index in [-0.39, 0.29) is 29.3 Å². The van der Waals surface area contributed by atoms with Crippen molar-refractivity contribution >= 4 is 35.0 Å². The van der Waals surface area contributed by atoms with Crippen molar-refractivity contribution in [1.29, 1.82) is 5.26 Å². The first-order chi connectivity index (χ1) is 17.4. The van der Waals surface area contributed by atoms with E-state index in [9.17, 15) is 20.2 Å². The molecule has 0 aromatic heterocycles. The van der Waals surface area contributed by atoms with Crippen LogP contribution in [0.2, 0.25) is 5.02 Å². The Bertz CT molecular complexity index is 1350. The Balaban J connectivity index is 1.81. The number of carbonyl (C=O) groups is 1. The molecule has 3 aromatic rings. The van der Waals surface area contributed by atoms with Crippen LogP contribution in [0.25, 0.3) is 6.08 Å². The van der Waals surface area contributed by atoms with Gasteiger partial charge in [0, 0.05) is 16.7 Å². The van der Waals surface area contributed by atoms with E-state index in [0.29, 0.717) is 28.7 Å². The maximum atomic E-state index is 12.7. The molecule has 3 rings (SSSR count). The predicted octanol–water partition coefficient (Wildman–Crippen LogP) is 5.78. The number of benzene rings is 3. The van der Waals surface area contributed by atoms with E-state index in [1.807, 2.05) is 31.2 Å². The molecule has 1 amide bonds. The summed E-state index contributed by atoms with van der Waals surface area (Å²) in [6, 6.07) is 18.0. The van der Waals surface area contributed by atoms with Gasteiger partial charge in [-0.2, -0.15) is 5.26 Å². The third-order valence-electron chi connectivity index (χ3n) is 4.93. The molecule has 0 aliphatic carbocycles. The van der Waals surface area contributed by atoms with Gasteiger partial charge in [-0.1, -0.05) is 35.9 Å². The van der Waals surface area contributed by atoms with Gasteiger partial charge in [0.15, 0.2) is 11.5 Å². The SMILES string of the molecule is CCOc1cc(/C=C(/C#N)C(=O)Nc2ccc([N+](=O)[O-])cc2OC)ccc1OCc1ccccc1Cl. The Morgan fingerprint density at radius 2 is 1.89 bits per heavy atom. The summed E-state index contributed by atoms with van der Waals surface area (Å²) in [5, 5.41) is 23.7. The van der Waals surface area contributed by atoms with Crippen molar-refractivity contribution in [3.05, 3.63) is 92.5 Å². The summed E-state index contributed by atoms with van der Waals surface area (Å²) >= 11 is 6.19. The Labute approximate surface area is 212 Å². The molecule has 36 heavy (non-hydrogen) atoms. The van der Waals surface area contributed by atoms with Crippen LogP contribution in [0.1, 0.15) is 18.1 Å². The molecule has 0 bridgehead atoms. The first-order valence-corrected chi connectivity index (χ1v) is 11.1. The Morgan fingerprint density at radius 1 is 1.11 bits per heavy atom. The Morgan fingerprint density at radius 3 is 2.56 bits per heavy atom. The van der Waals surface area contributed by atoms with E-state index in [1.165, 1.54) is 31.4 Å². The minimum absolute atomic E-state index is 0.0912. The first kappa shape index (κ1) is 26.1. The summed E-state index contributed by atoms with van der Waals surface area (Å²) in [4.78, 5) is 23.1. The molecule has 0 saturated heterocycles. The van der Waals surface area contributed by atoms with Crippen LogP contribution in [-0.2, 0) is 11.4 Å². The molecule has 0 radical (unpaired) electrons. The minimum atomic E-state index is -0.707. The molecule has 0 spiro atoms. The van der Waals surface area contributed by atoms with Crippen molar-refractivity contribution in [2.24, 2.45) is 0 Å². The van der Waals surface area contributed by atoms with E-state index in [2.05, 4.69) is 5.32 Å². The summed E-state index contributed by atoms with van der Waals surface area (Å²) in [7, 11) is 1.32. The van der Waals surface area contributed by atoms with Gasteiger partial charge in [-0.05, 0) is 42.8 Å². The lowest BCUT2D eigenvalue weighted by molar-refractivity contribution is -0.384. The van der Waals surface area contributed by atoms with Crippen LogP contribution in [0, 0.1) is 21.4 Å². The van der Waals surface area contributed by atoms with Gasteiger partial charge < -0.3 is 19.5 Å². The van der Waals surface area contributed by atoms with Crippen LogP contribution in [-0.4, -0.2) is 24.5 Å². The van der Waals surface area contributed by atoms with Crippen LogP contribution in [0.4, 0.5) is 11.4 Å². The largest absolute Gasteiger partial charge is 0.494 e. The second kappa shape index (κ2) is 12.2. The molecular formula is C26H22ClN3O6. The number of nitro benzene ring substituents is 1. The lowest BCUT2D eigenvalue weighted by Crippen LogP contribution is -2.14. The smallest absolute Gasteiger partial charge is 0.273 e. The van der Waals surface area contributed by atoms with Crippen molar-refractivity contribution in [2.75, 3.05) is 19.0 Å². The average Bonchev–Trinajstić information content (AvgIpc) is 2.87. The van der Waals surface area contributed by atoms with Crippen LogP contribution in [0.5, 0.6) is 17.2 Å². The van der Waals surface area contributed by atoms with Crippen LogP contribution < -0.4 is 19.5 Å². The van der Waals surface area contributed by atoms with Gasteiger partial charge >= 0.3 is 0 Å². The number of halogens is 1. The lowest BCUT2D eigenvalue weighted by atomic mass is 10.1. The number of hydrogen-bond donors (Lipinski definition) is 1. The quantitative estimate of drug-likeness (QED) is 0.159. The number of nitriles is 1. The van der Waals surface area contributed by atoms with E-state index in [1.54, 1.807) is 24.3 Å². The molecule has 0 fully saturated rings. The van der Waals surface area contributed by atoms with Crippen molar-refractivity contribution in [1.82, 2.24) is 0 Å². The molecule has 3 aromatic carbocycles. The molecule has 0 heterocycles. The number of ether oxygens (including phenoxy) is 3. The van der Waals surface area contributed by atoms with Crippen molar-refractivity contribution < 1.29 is 23.9 Å². The fourth-order valence-electron chi connectivity index (χ4n) is 3.17. The monoisotopic (exact) mass is 507 g/mol. The zero-order chi connectivity index (χ0) is 26.1. The minimum Gasteiger partial charge on any atom is -0.494 e. The number of anilines is 1. The number of methoxy groups -OCH3 is 1. The zero-order valence-electron chi connectivity index (χ0n) is 19.5. The fraction of sp³-hybridized carbons (Fsp3) is 0.154.